The van der Waals surface area contributed by atoms with Crippen LogP contribution in [0.15, 0.2) is 0 Å². The molecule has 1 saturated heterocycles. The summed E-state index contributed by atoms with van der Waals surface area (Å²) >= 11 is 3.91. The number of carboxylic acid groups (broad SMARTS) is 2. The van der Waals surface area contributed by atoms with Crippen LogP contribution < -0.4 is 0 Å². The summed E-state index contributed by atoms with van der Waals surface area (Å²) in [6.45, 7) is -0.0289. The number of hydrogen-bond acceptors (Lipinski definition) is 4. The first-order valence-corrected chi connectivity index (χ1v) is 5.96. The van der Waals surface area contributed by atoms with Crippen molar-refractivity contribution in [3.63, 3.8) is 0 Å². The third kappa shape index (κ3) is 3.36. The summed E-state index contributed by atoms with van der Waals surface area (Å²) in [6.07, 6.45) is 0.598. The normalized spacial score (nSPS) is 24.4. The quantitative estimate of drug-likeness (QED) is 0.623. The van der Waals surface area contributed by atoms with Gasteiger partial charge in [-0.3, -0.25) is 9.59 Å². The second kappa shape index (κ2) is 5.90. The molecule has 0 aliphatic carbocycles. The van der Waals surface area contributed by atoms with Gasteiger partial charge in [0.2, 0.25) is 5.91 Å². The summed E-state index contributed by atoms with van der Waals surface area (Å²) in [5.41, 5.74) is 0. The molecule has 0 aromatic heterocycles. The van der Waals surface area contributed by atoms with Crippen molar-refractivity contribution in [2.45, 2.75) is 25.3 Å². The Kier molecular flexibility index (Phi) is 4.80. The number of hydrogen-bond donors (Lipinski definition) is 3. The first-order chi connectivity index (χ1) is 7.97. The Balaban J connectivity index is 2.79. The van der Waals surface area contributed by atoms with Crippen LogP contribution in [0.2, 0.25) is 0 Å². The highest BCUT2D eigenvalue weighted by Crippen LogP contribution is 2.23. The predicted molar refractivity (Wildman–Crippen MR) is 62.0 cm³/mol. The van der Waals surface area contributed by atoms with E-state index in [2.05, 4.69) is 12.6 Å². The second-order valence-corrected chi connectivity index (χ2v) is 4.43. The molecular formula is C10H15NO5S. The van der Waals surface area contributed by atoms with Crippen LogP contribution in [0.25, 0.3) is 0 Å². The van der Waals surface area contributed by atoms with Gasteiger partial charge < -0.3 is 15.1 Å². The molecule has 2 N–H and O–H groups in total. The molecule has 1 heterocycles. The fourth-order valence-corrected chi connectivity index (χ4v) is 2.14. The van der Waals surface area contributed by atoms with E-state index in [1.807, 2.05) is 0 Å². The van der Waals surface area contributed by atoms with Gasteiger partial charge in [0.1, 0.15) is 6.04 Å². The van der Waals surface area contributed by atoms with E-state index in [1.165, 1.54) is 0 Å². The van der Waals surface area contributed by atoms with Crippen LogP contribution in [0.5, 0.6) is 0 Å². The maximum atomic E-state index is 11.7. The maximum absolute atomic E-state index is 11.7. The summed E-state index contributed by atoms with van der Waals surface area (Å²) in [7, 11) is 0. The highest BCUT2D eigenvalue weighted by molar-refractivity contribution is 7.80. The lowest BCUT2D eigenvalue weighted by molar-refractivity contribution is -0.157. The van der Waals surface area contributed by atoms with E-state index in [9.17, 15) is 14.4 Å². The van der Waals surface area contributed by atoms with Crippen molar-refractivity contribution in [1.29, 1.82) is 0 Å². The van der Waals surface area contributed by atoms with E-state index >= 15 is 0 Å². The lowest BCUT2D eigenvalue weighted by Crippen LogP contribution is -2.52. The molecule has 1 rings (SSSR count). The summed E-state index contributed by atoms with van der Waals surface area (Å²) in [5, 5.41) is 17.9. The Morgan fingerprint density at radius 1 is 1.18 bits per heavy atom. The molecule has 0 spiro atoms. The lowest BCUT2D eigenvalue weighted by atomic mass is 9.92. The zero-order valence-corrected chi connectivity index (χ0v) is 10.1. The summed E-state index contributed by atoms with van der Waals surface area (Å²) < 4.78 is 0. The fourth-order valence-electron chi connectivity index (χ4n) is 1.94. The minimum absolute atomic E-state index is 0.0289. The van der Waals surface area contributed by atoms with Gasteiger partial charge in [-0.15, -0.1) is 0 Å². The van der Waals surface area contributed by atoms with Crippen LogP contribution in [-0.2, 0) is 14.4 Å². The van der Waals surface area contributed by atoms with Crippen molar-refractivity contribution in [2.24, 2.45) is 5.92 Å². The molecule has 1 amide bonds. The van der Waals surface area contributed by atoms with Gasteiger partial charge in [0.05, 0.1) is 5.92 Å². The molecule has 1 fully saturated rings. The van der Waals surface area contributed by atoms with Gasteiger partial charge >= 0.3 is 11.9 Å². The Bertz CT molecular complexity index is 333. The first kappa shape index (κ1) is 13.8. The number of rotatable bonds is 4. The van der Waals surface area contributed by atoms with Gasteiger partial charge in [-0.2, -0.15) is 12.6 Å². The van der Waals surface area contributed by atoms with Crippen molar-refractivity contribution >= 4 is 30.5 Å². The Morgan fingerprint density at radius 3 is 2.29 bits per heavy atom. The van der Waals surface area contributed by atoms with Crippen molar-refractivity contribution in [2.75, 3.05) is 12.3 Å². The largest absolute Gasteiger partial charge is 0.481 e. The van der Waals surface area contributed by atoms with Gasteiger partial charge in [0, 0.05) is 13.0 Å². The minimum Gasteiger partial charge on any atom is -0.481 e. The minimum atomic E-state index is -1.08. The number of piperidine rings is 1. The molecule has 0 unspecified atom stereocenters. The standard InChI is InChI=1S/C10H15NO5S/c12-8(3-4-17)11-5-6(9(13)14)1-2-7(11)10(15)16/h6-7,17H,1-5H2,(H,13,14)(H,15,16)/t6-,7-/m1/s1. The number of carbonyl (C=O) groups is 3. The van der Waals surface area contributed by atoms with Crippen LogP contribution >= 0.6 is 12.6 Å². The zero-order chi connectivity index (χ0) is 13.0. The zero-order valence-electron chi connectivity index (χ0n) is 9.20. The monoisotopic (exact) mass is 261 g/mol. The molecule has 0 radical (unpaired) electrons. The average molecular weight is 261 g/mol. The number of thiol groups is 1. The Morgan fingerprint density at radius 2 is 1.82 bits per heavy atom. The molecule has 0 saturated carbocycles. The molecule has 2 atom stereocenters. The van der Waals surface area contributed by atoms with Crippen LogP contribution in [0.1, 0.15) is 19.3 Å². The molecule has 1 aliphatic rings. The highest BCUT2D eigenvalue weighted by atomic mass is 32.1. The molecule has 0 aromatic carbocycles. The van der Waals surface area contributed by atoms with Gasteiger partial charge in [-0.25, -0.2) is 4.79 Å². The third-order valence-corrected chi connectivity index (χ3v) is 3.09. The second-order valence-electron chi connectivity index (χ2n) is 3.99. The smallest absolute Gasteiger partial charge is 0.326 e. The number of carbonyl (C=O) groups excluding carboxylic acids is 1. The molecule has 7 heteroatoms. The van der Waals surface area contributed by atoms with Crippen LogP contribution in [0, 0.1) is 5.92 Å². The number of amides is 1. The summed E-state index contributed by atoms with van der Waals surface area (Å²) in [5.74, 6) is -2.77. The van der Waals surface area contributed by atoms with Gasteiger partial charge in [-0.1, -0.05) is 0 Å². The fraction of sp³-hybridized carbons (Fsp3) is 0.700. The molecule has 6 nitrogen and oxygen atoms in total. The van der Waals surface area contributed by atoms with Crippen molar-refractivity contribution in [3.8, 4) is 0 Å². The number of nitrogens with zero attached hydrogens (tertiary/aromatic N) is 1. The van der Waals surface area contributed by atoms with Crippen molar-refractivity contribution < 1.29 is 24.6 Å². The van der Waals surface area contributed by atoms with Crippen LogP contribution in [0.4, 0.5) is 0 Å². The van der Waals surface area contributed by atoms with Crippen LogP contribution in [-0.4, -0.2) is 51.3 Å². The first-order valence-electron chi connectivity index (χ1n) is 5.33. The molecule has 17 heavy (non-hydrogen) atoms. The SMILES string of the molecule is O=C(O)[C@@H]1CC[C@H](C(=O)O)N(C(=O)CCS)C1. The van der Waals surface area contributed by atoms with Crippen LogP contribution in [0.3, 0.4) is 0 Å². The Hall–Kier alpha value is -1.24. The van der Waals surface area contributed by atoms with E-state index < -0.39 is 23.9 Å². The van der Waals surface area contributed by atoms with Crippen molar-refractivity contribution in [3.05, 3.63) is 0 Å². The molecule has 1 aliphatic heterocycles. The molecular weight excluding hydrogens is 246 g/mol. The molecule has 0 bridgehead atoms. The number of aliphatic carboxylic acids is 2. The lowest BCUT2D eigenvalue weighted by Gasteiger charge is -2.35. The highest BCUT2D eigenvalue weighted by Gasteiger charge is 2.37. The topological polar surface area (TPSA) is 94.9 Å². The maximum Gasteiger partial charge on any atom is 0.326 e. The van der Waals surface area contributed by atoms with Gasteiger partial charge in [-0.05, 0) is 18.6 Å². The third-order valence-electron chi connectivity index (χ3n) is 2.86. The Labute approximate surface area is 104 Å². The predicted octanol–water partition coefficient (Wildman–Crippen LogP) is 0.0827. The molecule has 96 valence electrons. The van der Waals surface area contributed by atoms with E-state index in [0.717, 1.165) is 4.90 Å². The summed E-state index contributed by atoms with van der Waals surface area (Å²) in [6, 6.07) is -0.905. The molecule has 0 aromatic rings. The summed E-state index contributed by atoms with van der Waals surface area (Å²) in [4.78, 5) is 34.7. The van der Waals surface area contributed by atoms with E-state index in [1.54, 1.807) is 0 Å². The van der Waals surface area contributed by atoms with Gasteiger partial charge in [0.15, 0.2) is 0 Å². The van der Waals surface area contributed by atoms with E-state index in [-0.39, 0.29) is 31.7 Å². The van der Waals surface area contributed by atoms with E-state index in [0.29, 0.717) is 5.75 Å². The van der Waals surface area contributed by atoms with E-state index in [4.69, 9.17) is 10.2 Å². The number of likely N-dealkylation sites (tertiary alicyclic amines) is 1. The van der Waals surface area contributed by atoms with Gasteiger partial charge in [0.25, 0.3) is 0 Å². The average Bonchev–Trinajstić information content (AvgIpc) is 2.28. The number of carboxylic acids is 2. The van der Waals surface area contributed by atoms with Crippen molar-refractivity contribution in [1.82, 2.24) is 4.90 Å².